The highest BCUT2D eigenvalue weighted by Gasteiger charge is 2.40. The number of rotatable bonds is 5. The second kappa shape index (κ2) is 11.4. The van der Waals surface area contributed by atoms with Gasteiger partial charge in [-0.2, -0.15) is 26.9 Å². The molecule has 18 heteroatoms. The van der Waals surface area contributed by atoms with E-state index in [1.807, 2.05) is 0 Å². The lowest BCUT2D eigenvalue weighted by molar-refractivity contribution is -0.240. The predicted octanol–water partition coefficient (Wildman–Crippen LogP) is 4.03. The van der Waals surface area contributed by atoms with Crippen LogP contribution in [-0.2, 0) is 32.1 Å². The Kier molecular flexibility index (Phi) is 7.76. The van der Waals surface area contributed by atoms with Crippen LogP contribution in [0.15, 0.2) is 64.1 Å². The van der Waals surface area contributed by atoms with E-state index in [4.69, 9.17) is 10.3 Å². The Labute approximate surface area is 256 Å². The number of alkyl halides is 5. The smallest absolute Gasteiger partial charge is 0.319 e. The summed E-state index contributed by atoms with van der Waals surface area (Å²) in [4.78, 5) is 23.2. The van der Waals surface area contributed by atoms with Crippen LogP contribution >= 0.6 is 0 Å². The summed E-state index contributed by atoms with van der Waals surface area (Å²) in [5, 5.41) is 3.68. The second-order valence-electron chi connectivity index (χ2n) is 10.5. The molecule has 2 aliphatic rings. The molecule has 0 bridgehead atoms. The van der Waals surface area contributed by atoms with Crippen molar-refractivity contribution in [2.24, 2.45) is 5.73 Å². The molecule has 2 N–H and O–H groups in total. The first-order valence-corrected chi connectivity index (χ1v) is 15.1. The molecule has 46 heavy (non-hydrogen) atoms. The number of pyridine rings is 1. The molecule has 2 aliphatic heterocycles. The van der Waals surface area contributed by atoms with Crippen LogP contribution in [0.2, 0.25) is 0 Å². The second-order valence-corrected chi connectivity index (χ2v) is 12.5. The fraction of sp³-hybridized carbons (Fsp3) is 0.286. The Morgan fingerprint density at radius 3 is 2.48 bits per heavy atom. The lowest BCUT2D eigenvalue weighted by Gasteiger charge is -2.30. The summed E-state index contributed by atoms with van der Waals surface area (Å²) in [6, 6.07) is 7.25. The van der Waals surface area contributed by atoms with Gasteiger partial charge >= 0.3 is 18.3 Å². The summed E-state index contributed by atoms with van der Waals surface area (Å²) in [6.07, 6.45) is -6.64. The molecule has 1 saturated heterocycles. The van der Waals surface area contributed by atoms with Crippen molar-refractivity contribution in [1.82, 2.24) is 15.1 Å². The molecule has 1 atom stereocenters. The SMILES string of the molecule is N[C@H]1CS(=O)(=O)c2cc(F)c(-c3noc(N4CCOC(F)(F)C4)n3)cc2N(Cc2ccc(-c3ccc(C(F)(F)F)cc3)nc2)C1=O. The molecule has 1 fully saturated rings. The van der Waals surface area contributed by atoms with Crippen LogP contribution in [0.25, 0.3) is 22.6 Å². The van der Waals surface area contributed by atoms with Crippen LogP contribution in [0, 0.1) is 5.82 Å². The molecule has 0 saturated carbocycles. The number of carbonyl (C=O) groups excluding carboxylic acids is 1. The average Bonchev–Trinajstić information content (AvgIpc) is 3.47. The predicted molar refractivity (Wildman–Crippen MR) is 149 cm³/mol. The number of ether oxygens (including phenoxy) is 1. The summed E-state index contributed by atoms with van der Waals surface area (Å²) >= 11 is 0. The molecule has 1 amide bonds. The molecule has 242 valence electrons. The first-order chi connectivity index (χ1) is 21.6. The summed E-state index contributed by atoms with van der Waals surface area (Å²) in [6.45, 7) is -1.53. The maximum atomic E-state index is 15.4. The van der Waals surface area contributed by atoms with Gasteiger partial charge in [0, 0.05) is 18.3 Å². The molecule has 6 rings (SSSR count). The molecular weight excluding hydrogens is 646 g/mol. The number of amides is 1. The van der Waals surface area contributed by atoms with Gasteiger partial charge in [-0.05, 0) is 35.9 Å². The number of halogens is 6. The number of hydrogen-bond donors (Lipinski definition) is 1. The third-order valence-corrected chi connectivity index (χ3v) is 9.10. The van der Waals surface area contributed by atoms with Crippen LogP contribution in [0.4, 0.5) is 38.0 Å². The van der Waals surface area contributed by atoms with Crippen molar-refractivity contribution in [2.75, 3.05) is 35.2 Å². The first kappa shape index (κ1) is 31.4. The van der Waals surface area contributed by atoms with Gasteiger partial charge in [0.1, 0.15) is 12.4 Å². The van der Waals surface area contributed by atoms with Crippen molar-refractivity contribution in [3.05, 3.63) is 71.7 Å². The molecular formula is C28H22F6N6O5S. The van der Waals surface area contributed by atoms with E-state index in [1.165, 1.54) is 30.5 Å². The number of anilines is 2. The minimum atomic E-state index is -4.50. The number of nitrogens with two attached hydrogens (primary N) is 1. The number of sulfone groups is 1. The van der Waals surface area contributed by atoms with Gasteiger partial charge in [-0.25, -0.2) is 12.8 Å². The first-order valence-electron chi connectivity index (χ1n) is 13.5. The topological polar surface area (TPSA) is 145 Å². The highest BCUT2D eigenvalue weighted by atomic mass is 32.2. The van der Waals surface area contributed by atoms with Crippen LogP contribution in [0.3, 0.4) is 0 Å². The molecule has 0 aliphatic carbocycles. The normalized spacial score (nSPS) is 19.5. The Hall–Kier alpha value is -4.55. The monoisotopic (exact) mass is 668 g/mol. The van der Waals surface area contributed by atoms with Crippen molar-refractivity contribution in [1.29, 1.82) is 0 Å². The molecule has 2 aromatic heterocycles. The van der Waals surface area contributed by atoms with Crippen molar-refractivity contribution in [3.8, 4) is 22.6 Å². The molecule has 2 aromatic carbocycles. The van der Waals surface area contributed by atoms with Crippen LogP contribution in [-0.4, -0.2) is 67.0 Å². The van der Waals surface area contributed by atoms with E-state index in [0.717, 1.165) is 28.0 Å². The van der Waals surface area contributed by atoms with Crippen molar-refractivity contribution < 1.29 is 48.8 Å². The minimum Gasteiger partial charge on any atom is -0.319 e. The van der Waals surface area contributed by atoms with Crippen molar-refractivity contribution >= 4 is 27.4 Å². The van der Waals surface area contributed by atoms with E-state index in [0.29, 0.717) is 22.9 Å². The zero-order valence-electron chi connectivity index (χ0n) is 23.3. The Balaban J connectivity index is 1.34. The number of carbonyl (C=O) groups is 1. The molecule has 11 nitrogen and oxygen atoms in total. The zero-order chi connectivity index (χ0) is 33.0. The summed E-state index contributed by atoms with van der Waals surface area (Å²) in [7, 11) is -4.28. The summed E-state index contributed by atoms with van der Waals surface area (Å²) in [5.41, 5.74) is 5.58. The molecule has 4 heterocycles. The van der Waals surface area contributed by atoms with Gasteiger partial charge in [-0.3, -0.25) is 9.78 Å². The largest absolute Gasteiger partial charge is 0.416 e. The van der Waals surface area contributed by atoms with Crippen molar-refractivity contribution in [2.45, 2.75) is 29.8 Å². The quantitative estimate of drug-likeness (QED) is 0.310. The zero-order valence-corrected chi connectivity index (χ0v) is 24.2. The van der Waals surface area contributed by atoms with E-state index in [-0.39, 0.29) is 37.0 Å². The highest BCUT2D eigenvalue weighted by Crippen LogP contribution is 2.37. The van der Waals surface area contributed by atoms with Gasteiger partial charge in [0.25, 0.3) is 0 Å². The molecule has 4 aromatic rings. The molecule has 0 spiro atoms. The van der Waals surface area contributed by atoms with E-state index in [2.05, 4.69) is 19.9 Å². The molecule has 0 radical (unpaired) electrons. The van der Waals surface area contributed by atoms with Crippen LogP contribution in [0.1, 0.15) is 11.1 Å². The number of benzene rings is 2. The molecule has 0 unspecified atom stereocenters. The number of fused-ring (bicyclic) bond motifs is 1. The maximum Gasteiger partial charge on any atom is 0.416 e. The fourth-order valence-corrected chi connectivity index (χ4v) is 6.59. The van der Waals surface area contributed by atoms with Crippen molar-refractivity contribution in [3.63, 3.8) is 0 Å². The Morgan fingerprint density at radius 2 is 1.83 bits per heavy atom. The highest BCUT2D eigenvalue weighted by molar-refractivity contribution is 7.91. The van der Waals surface area contributed by atoms with Gasteiger partial charge in [0.05, 0.1) is 52.4 Å². The van der Waals surface area contributed by atoms with E-state index in [9.17, 15) is 35.2 Å². The Bertz CT molecular complexity index is 1900. The number of hydrogen-bond acceptors (Lipinski definition) is 10. The Morgan fingerprint density at radius 1 is 1.09 bits per heavy atom. The van der Waals surface area contributed by atoms with Gasteiger partial charge in [-0.15, -0.1) is 0 Å². The van der Waals surface area contributed by atoms with E-state index in [1.54, 1.807) is 0 Å². The van der Waals surface area contributed by atoms with Crippen LogP contribution < -0.4 is 15.5 Å². The fourth-order valence-electron chi connectivity index (χ4n) is 5.02. The lowest BCUT2D eigenvalue weighted by Crippen LogP contribution is -2.46. The number of morpholine rings is 1. The third kappa shape index (κ3) is 6.14. The maximum absolute atomic E-state index is 15.4. The van der Waals surface area contributed by atoms with Crippen LogP contribution in [0.5, 0.6) is 0 Å². The van der Waals surface area contributed by atoms with Gasteiger partial charge < -0.3 is 24.8 Å². The summed E-state index contributed by atoms with van der Waals surface area (Å²) in [5.74, 6) is -3.11. The average molecular weight is 669 g/mol. The minimum absolute atomic E-state index is 0.0198. The lowest BCUT2D eigenvalue weighted by atomic mass is 10.1. The third-order valence-electron chi connectivity index (χ3n) is 7.31. The summed E-state index contributed by atoms with van der Waals surface area (Å²) < 4.78 is 117. The van der Waals surface area contributed by atoms with Gasteiger partial charge in [0.2, 0.25) is 11.7 Å². The van der Waals surface area contributed by atoms with E-state index >= 15 is 4.39 Å². The van der Waals surface area contributed by atoms with E-state index < -0.39 is 68.5 Å². The van der Waals surface area contributed by atoms with Gasteiger partial charge in [0.15, 0.2) is 9.84 Å². The standard InChI is InChI=1S/C28H22F6N6O5S/c29-19-10-23-22(9-18(19)24-37-26(45-38-24)39-7-8-44-27(30,31)14-39)40(25(41)20(35)13-46(23,42)43)12-15-1-6-21(36-11-15)16-2-4-17(5-3-16)28(32,33)34/h1-6,9-11,20H,7-8,12-14,35H2/t20-/m0/s1. The van der Waals surface area contributed by atoms with Gasteiger partial charge in [-0.1, -0.05) is 23.4 Å². The number of aromatic nitrogens is 3. The number of nitrogens with zero attached hydrogens (tertiary/aromatic N) is 5.